The molecule has 4 heterocycles. The average molecular weight is 691 g/mol. The zero-order chi connectivity index (χ0) is 36.5. The maximum Gasteiger partial charge on any atom is 0.146 e. The molecule has 4 aromatic heterocycles. The smallest absolute Gasteiger partial charge is 0.146 e. The maximum absolute atomic E-state index is 6.74. The van der Waals surface area contributed by atoms with Crippen molar-refractivity contribution in [2.24, 2.45) is 0 Å². The van der Waals surface area contributed by atoms with Crippen LogP contribution in [0.4, 0.5) is 0 Å². The van der Waals surface area contributed by atoms with Crippen LogP contribution in [0.15, 0.2) is 146 Å². The Hall–Kier alpha value is -6.07. The Morgan fingerprint density at radius 3 is 1.92 bits per heavy atom. The van der Waals surface area contributed by atoms with Crippen molar-refractivity contribution >= 4 is 21.8 Å². The van der Waals surface area contributed by atoms with Gasteiger partial charge in [-0.15, -0.1) is 0 Å². The molecule has 1 aliphatic carbocycles. The number of para-hydroxylation sites is 1. The van der Waals surface area contributed by atoms with Crippen LogP contribution in [-0.4, -0.2) is 19.5 Å². The lowest BCUT2D eigenvalue weighted by molar-refractivity contribution is 0.480. The van der Waals surface area contributed by atoms with Crippen molar-refractivity contribution in [1.82, 2.24) is 19.5 Å². The molecule has 0 fully saturated rings. The highest BCUT2D eigenvalue weighted by Crippen LogP contribution is 2.57. The Kier molecular flexibility index (Phi) is 7.42. The lowest BCUT2D eigenvalue weighted by Gasteiger charge is -2.36. The third kappa shape index (κ3) is 5.17. The van der Waals surface area contributed by atoms with Gasteiger partial charge in [-0.2, -0.15) is 0 Å². The lowest BCUT2D eigenvalue weighted by Crippen LogP contribution is -2.32. The zero-order valence-electron chi connectivity index (χ0n) is 31.1. The monoisotopic (exact) mass is 690 g/mol. The van der Waals surface area contributed by atoms with Gasteiger partial charge in [0.15, 0.2) is 0 Å². The molecule has 53 heavy (non-hydrogen) atoms. The summed E-state index contributed by atoms with van der Waals surface area (Å²) >= 11 is 0. The number of fused-ring (bicyclic) bond motifs is 6. The van der Waals surface area contributed by atoms with Crippen LogP contribution >= 0.6 is 0 Å². The van der Waals surface area contributed by atoms with E-state index in [2.05, 4.69) is 167 Å². The fourth-order valence-electron chi connectivity index (χ4n) is 8.28. The Morgan fingerprint density at radius 2 is 1.23 bits per heavy atom. The minimum Gasteiger partial charge on any atom is -0.456 e. The highest BCUT2D eigenvalue weighted by molar-refractivity contribution is 6.09. The highest BCUT2D eigenvalue weighted by Gasteiger charge is 2.50. The number of pyridine rings is 3. The molecule has 0 bridgehead atoms. The molecule has 5 nitrogen and oxygen atoms in total. The zero-order valence-corrected chi connectivity index (χ0v) is 31.1. The maximum atomic E-state index is 6.74. The summed E-state index contributed by atoms with van der Waals surface area (Å²) in [5.74, 6) is 2.27. The molecule has 0 saturated heterocycles. The van der Waals surface area contributed by atoms with Crippen molar-refractivity contribution in [3.05, 3.63) is 179 Å². The third-order valence-corrected chi connectivity index (χ3v) is 10.7. The molecule has 8 aromatic rings. The van der Waals surface area contributed by atoms with E-state index in [1.54, 1.807) is 0 Å². The van der Waals surface area contributed by atoms with Gasteiger partial charge >= 0.3 is 0 Å². The summed E-state index contributed by atoms with van der Waals surface area (Å²) in [6.45, 7) is 13.5. The number of ether oxygens (including phenoxy) is 1. The second-order valence-corrected chi connectivity index (χ2v) is 16.2. The quantitative estimate of drug-likeness (QED) is 0.180. The van der Waals surface area contributed by atoms with E-state index < -0.39 is 5.41 Å². The first kappa shape index (κ1) is 32.8. The van der Waals surface area contributed by atoms with Crippen LogP contribution in [0, 0.1) is 0 Å². The van der Waals surface area contributed by atoms with Crippen LogP contribution in [0.25, 0.3) is 38.9 Å². The second kappa shape index (κ2) is 12.0. The summed E-state index contributed by atoms with van der Waals surface area (Å²) in [5.41, 5.74) is 10.2. The van der Waals surface area contributed by atoms with Crippen LogP contribution < -0.4 is 4.74 Å². The van der Waals surface area contributed by atoms with E-state index in [-0.39, 0.29) is 10.8 Å². The van der Waals surface area contributed by atoms with Crippen LogP contribution in [-0.2, 0) is 16.2 Å². The first-order valence-corrected chi connectivity index (χ1v) is 18.3. The van der Waals surface area contributed by atoms with Crippen molar-refractivity contribution < 1.29 is 4.74 Å². The predicted molar refractivity (Wildman–Crippen MR) is 215 cm³/mol. The van der Waals surface area contributed by atoms with Crippen molar-refractivity contribution in [1.29, 1.82) is 0 Å². The largest absolute Gasteiger partial charge is 0.456 e. The van der Waals surface area contributed by atoms with Gasteiger partial charge in [0.2, 0.25) is 0 Å². The van der Waals surface area contributed by atoms with Gasteiger partial charge in [0.1, 0.15) is 17.3 Å². The summed E-state index contributed by atoms with van der Waals surface area (Å²) in [6, 6.07) is 45.0. The Morgan fingerprint density at radius 1 is 0.566 bits per heavy atom. The van der Waals surface area contributed by atoms with Gasteiger partial charge in [0, 0.05) is 40.4 Å². The number of hydrogen-bond donors (Lipinski definition) is 0. The molecule has 260 valence electrons. The van der Waals surface area contributed by atoms with E-state index in [1.807, 2.05) is 24.7 Å². The van der Waals surface area contributed by atoms with E-state index in [9.17, 15) is 0 Å². The van der Waals surface area contributed by atoms with Crippen LogP contribution in [0.1, 0.15) is 75.1 Å². The summed E-state index contributed by atoms with van der Waals surface area (Å²) < 4.78 is 8.99. The minimum atomic E-state index is -0.656. The number of hydrogen-bond acceptors (Lipinski definition) is 4. The molecule has 1 aliphatic rings. The minimum absolute atomic E-state index is 0.00891. The van der Waals surface area contributed by atoms with E-state index in [0.29, 0.717) is 5.75 Å². The molecular formula is C48H42N4O. The fraction of sp³-hybridized carbons (Fsp3) is 0.188. The van der Waals surface area contributed by atoms with Gasteiger partial charge in [-0.1, -0.05) is 120 Å². The topological polar surface area (TPSA) is 52.8 Å². The molecule has 0 spiro atoms. The molecule has 0 amide bonds. The second-order valence-electron chi connectivity index (χ2n) is 16.2. The van der Waals surface area contributed by atoms with Gasteiger partial charge in [-0.05, 0) is 75.5 Å². The van der Waals surface area contributed by atoms with E-state index in [4.69, 9.17) is 19.7 Å². The highest BCUT2D eigenvalue weighted by atomic mass is 16.5. The number of nitrogens with zero attached hydrogens (tertiary/aromatic N) is 4. The van der Waals surface area contributed by atoms with Crippen molar-refractivity contribution in [3.8, 4) is 28.6 Å². The van der Waals surface area contributed by atoms with Crippen LogP contribution in [0.3, 0.4) is 0 Å². The van der Waals surface area contributed by atoms with Crippen LogP contribution in [0.5, 0.6) is 11.5 Å². The SMILES string of the molecule is CC(C)(C)c1ccnc(-n2c3ccccc3c3ccc(Oc4cnc5c(c4)-c4nccc(C(C)(C)C)c4C5(c4ccccc4)c4ccccc4)cc32)c1. The molecule has 9 rings (SSSR count). The third-order valence-electron chi connectivity index (χ3n) is 10.7. The van der Waals surface area contributed by atoms with Gasteiger partial charge in [0.05, 0.1) is 34.0 Å². The van der Waals surface area contributed by atoms with E-state index in [0.717, 1.165) is 56.1 Å². The molecule has 4 aromatic carbocycles. The van der Waals surface area contributed by atoms with E-state index >= 15 is 0 Å². The fourth-order valence-corrected chi connectivity index (χ4v) is 8.28. The summed E-state index contributed by atoms with van der Waals surface area (Å²) in [7, 11) is 0. The Labute approximate surface area is 311 Å². The normalized spacial score (nSPS) is 13.6. The Balaban J connectivity index is 1.23. The molecule has 0 atom stereocenters. The van der Waals surface area contributed by atoms with Crippen LogP contribution in [0.2, 0.25) is 0 Å². The van der Waals surface area contributed by atoms with Gasteiger partial charge in [-0.25, -0.2) is 4.98 Å². The van der Waals surface area contributed by atoms with Gasteiger partial charge < -0.3 is 4.74 Å². The molecule has 0 radical (unpaired) electrons. The first-order valence-electron chi connectivity index (χ1n) is 18.3. The number of rotatable bonds is 5. The summed E-state index contributed by atoms with van der Waals surface area (Å²) in [6.07, 6.45) is 5.73. The standard InChI is InChI=1S/C48H42N4O/c1-46(2,3)33-23-25-49-42(27-33)52-40-20-14-13-19-36(40)37-22-21-34(29-41(37)52)53-35-28-38-44-43(39(24-26-50-44)47(4,5)6)48(45(38)51-30-35,31-15-9-7-10-16-31)32-17-11-8-12-18-32/h7-30H,1-6H3. The lowest BCUT2D eigenvalue weighted by atomic mass is 9.66. The summed E-state index contributed by atoms with van der Waals surface area (Å²) in [5, 5.41) is 2.32. The van der Waals surface area contributed by atoms with Crippen molar-refractivity contribution in [2.45, 2.75) is 57.8 Å². The molecule has 0 N–H and O–H groups in total. The number of aromatic nitrogens is 4. The average Bonchev–Trinajstić information content (AvgIpc) is 3.65. The molecule has 0 unspecified atom stereocenters. The summed E-state index contributed by atoms with van der Waals surface area (Å²) in [4.78, 5) is 15.3. The predicted octanol–water partition coefficient (Wildman–Crippen LogP) is 11.7. The van der Waals surface area contributed by atoms with Crippen molar-refractivity contribution in [3.63, 3.8) is 0 Å². The molecule has 0 saturated carbocycles. The molecule has 5 heteroatoms. The van der Waals surface area contributed by atoms with Gasteiger partial charge in [0.25, 0.3) is 0 Å². The Bertz CT molecular complexity index is 2620. The molecular weight excluding hydrogens is 649 g/mol. The van der Waals surface area contributed by atoms with Gasteiger partial charge in [-0.3, -0.25) is 14.5 Å². The number of benzene rings is 4. The first-order chi connectivity index (χ1) is 25.5. The molecule has 0 aliphatic heterocycles. The van der Waals surface area contributed by atoms with E-state index in [1.165, 1.54) is 22.1 Å². The van der Waals surface area contributed by atoms with Crippen molar-refractivity contribution in [2.75, 3.05) is 0 Å².